The van der Waals surface area contributed by atoms with Crippen LogP contribution in [0.1, 0.15) is 40.5 Å². The van der Waals surface area contributed by atoms with Gasteiger partial charge < -0.3 is 28.7 Å². The molecule has 0 radical (unpaired) electrons. The maximum Gasteiger partial charge on any atom is 0.306 e. The minimum atomic E-state index is -1.05. The number of aromatic nitrogens is 1. The molecule has 0 spiro atoms. The Bertz CT molecular complexity index is 1690. The molecule has 4 aromatic rings. The highest BCUT2D eigenvalue weighted by atomic mass is 16.5. The van der Waals surface area contributed by atoms with Gasteiger partial charge in [0.05, 0.1) is 40.2 Å². The van der Waals surface area contributed by atoms with Crippen LogP contribution < -0.4 is 20.5 Å². The Labute approximate surface area is 229 Å². The number of esters is 1. The number of carbonyl (C=O) groups is 1. The number of hydrogen-bond acceptors (Lipinski definition) is 9. The number of hydrogen-bond donors (Lipinski definition) is 2. The molecular formula is C30H30N2O8. The van der Waals surface area contributed by atoms with Gasteiger partial charge in [0, 0.05) is 30.2 Å². The van der Waals surface area contributed by atoms with Crippen LogP contribution >= 0.6 is 0 Å². The van der Waals surface area contributed by atoms with E-state index in [0.717, 1.165) is 22.9 Å². The highest BCUT2D eigenvalue weighted by Crippen LogP contribution is 2.35. The maximum atomic E-state index is 13.1. The third kappa shape index (κ3) is 5.30. The fourth-order valence-electron chi connectivity index (χ4n) is 5.18. The second-order valence-electron chi connectivity index (χ2n) is 9.70. The summed E-state index contributed by atoms with van der Waals surface area (Å²) in [5.41, 5.74) is 1.89. The number of fused-ring (bicyclic) bond motifs is 2. The molecule has 1 unspecified atom stereocenters. The van der Waals surface area contributed by atoms with E-state index in [1.807, 2.05) is 24.3 Å². The van der Waals surface area contributed by atoms with Crippen molar-refractivity contribution in [2.45, 2.75) is 31.8 Å². The van der Waals surface area contributed by atoms with Gasteiger partial charge in [-0.1, -0.05) is 18.2 Å². The number of carbonyl (C=O) groups excluding carboxylic acids is 1. The van der Waals surface area contributed by atoms with Crippen LogP contribution in [-0.4, -0.2) is 48.8 Å². The zero-order valence-electron chi connectivity index (χ0n) is 22.5. The van der Waals surface area contributed by atoms with Crippen LogP contribution in [0.4, 0.5) is 0 Å². The zero-order valence-corrected chi connectivity index (χ0v) is 22.5. The third-order valence-electron chi connectivity index (χ3n) is 7.25. The second-order valence-corrected chi connectivity index (χ2v) is 9.70. The van der Waals surface area contributed by atoms with Crippen LogP contribution in [-0.2, 0) is 29.0 Å². The van der Waals surface area contributed by atoms with Crippen molar-refractivity contribution < 1.29 is 28.5 Å². The number of rotatable bonds is 8. The van der Waals surface area contributed by atoms with Crippen LogP contribution in [0.3, 0.4) is 0 Å². The highest BCUT2D eigenvalue weighted by molar-refractivity contribution is 5.79. The molecule has 0 bridgehead atoms. The van der Waals surface area contributed by atoms with E-state index in [2.05, 4.69) is 9.88 Å². The molecule has 0 saturated carbocycles. The molecule has 1 aliphatic heterocycles. The maximum absolute atomic E-state index is 13.1. The molecule has 10 heteroatoms. The van der Waals surface area contributed by atoms with E-state index in [-0.39, 0.29) is 24.3 Å². The Morgan fingerprint density at radius 3 is 2.50 bits per heavy atom. The number of nitrogens with one attached hydrogen (secondary N) is 1. The second kappa shape index (κ2) is 11.3. The van der Waals surface area contributed by atoms with Crippen molar-refractivity contribution in [3.8, 4) is 17.2 Å². The van der Waals surface area contributed by atoms with E-state index in [1.165, 1.54) is 13.2 Å². The monoisotopic (exact) mass is 546 g/mol. The quantitative estimate of drug-likeness (QED) is 0.319. The minimum absolute atomic E-state index is 0.155. The Morgan fingerprint density at radius 2 is 1.77 bits per heavy atom. The summed E-state index contributed by atoms with van der Waals surface area (Å²) in [6.45, 7) is 1.54. The van der Waals surface area contributed by atoms with E-state index in [4.69, 9.17) is 18.6 Å². The molecule has 5 rings (SSSR count). The molecule has 2 N–H and O–H groups in total. The van der Waals surface area contributed by atoms with Crippen LogP contribution in [0.5, 0.6) is 17.2 Å². The topological polar surface area (TPSA) is 131 Å². The summed E-state index contributed by atoms with van der Waals surface area (Å²) >= 11 is 0. The molecule has 0 fully saturated rings. The molecule has 1 atom stereocenters. The minimum Gasteiger partial charge on any atom is -0.502 e. The molecule has 2 aromatic heterocycles. The number of ether oxygens (including phenoxy) is 3. The first kappa shape index (κ1) is 27.0. The average Bonchev–Trinajstić information content (AvgIpc) is 2.96. The van der Waals surface area contributed by atoms with Crippen LogP contribution in [0.25, 0.3) is 10.9 Å². The van der Waals surface area contributed by atoms with Gasteiger partial charge in [-0.05, 0) is 47.2 Å². The summed E-state index contributed by atoms with van der Waals surface area (Å²) in [5, 5.41) is 11.5. The first-order valence-corrected chi connectivity index (χ1v) is 12.8. The lowest BCUT2D eigenvalue weighted by molar-refractivity contribution is -0.140. The Hall–Kier alpha value is -4.57. The molecule has 1 aliphatic rings. The highest BCUT2D eigenvalue weighted by Gasteiger charge is 2.29. The van der Waals surface area contributed by atoms with Gasteiger partial charge in [0.2, 0.25) is 11.2 Å². The number of benzene rings is 2. The van der Waals surface area contributed by atoms with Crippen molar-refractivity contribution >= 4 is 16.9 Å². The lowest BCUT2D eigenvalue weighted by Crippen LogP contribution is -2.30. The third-order valence-corrected chi connectivity index (χ3v) is 7.25. The van der Waals surface area contributed by atoms with E-state index in [0.29, 0.717) is 35.9 Å². The van der Waals surface area contributed by atoms with Crippen molar-refractivity contribution in [2.75, 3.05) is 27.9 Å². The smallest absolute Gasteiger partial charge is 0.306 e. The van der Waals surface area contributed by atoms with E-state index < -0.39 is 28.6 Å². The van der Waals surface area contributed by atoms with Gasteiger partial charge >= 0.3 is 5.97 Å². The normalized spacial score (nSPS) is 14.0. The molecule has 0 amide bonds. The summed E-state index contributed by atoms with van der Waals surface area (Å²) in [4.78, 5) is 43.3. The van der Waals surface area contributed by atoms with Crippen LogP contribution in [0.15, 0.2) is 62.5 Å². The molecule has 2 aromatic carbocycles. The lowest BCUT2D eigenvalue weighted by atomic mass is 9.92. The first-order valence-electron chi connectivity index (χ1n) is 12.8. The predicted molar refractivity (Wildman–Crippen MR) is 147 cm³/mol. The van der Waals surface area contributed by atoms with Crippen LogP contribution in [0, 0.1) is 0 Å². The predicted octanol–water partition coefficient (Wildman–Crippen LogP) is 3.46. The van der Waals surface area contributed by atoms with Gasteiger partial charge in [-0.2, -0.15) is 0 Å². The summed E-state index contributed by atoms with van der Waals surface area (Å²) in [6, 6.07) is 14.0. The van der Waals surface area contributed by atoms with Crippen molar-refractivity contribution in [3.63, 3.8) is 0 Å². The Kier molecular flexibility index (Phi) is 7.61. The molecule has 208 valence electrons. The number of nitrogens with zero attached hydrogens (tertiary/aromatic N) is 1. The van der Waals surface area contributed by atoms with Gasteiger partial charge in [-0.25, -0.2) is 0 Å². The van der Waals surface area contributed by atoms with Gasteiger partial charge in [-0.3, -0.25) is 19.3 Å². The molecular weight excluding hydrogens is 516 g/mol. The van der Waals surface area contributed by atoms with Crippen molar-refractivity contribution in [2.24, 2.45) is 0 Å². The van der Waals surface area contributed by atoms with Crippen molar-refractivity contribution in [3.05, 3.63) is 97.3 Å². The average molecular weight is 547 g/mol. The van der Waals surface area contributed by atoms with Gasteiger partial charge in [0.25, 0.3) is 5.56 Å². The molecule has 3 heterocycles. The largest absolute Gasteiger partial charge is 0.502 e. The Morgan fingerprint density at radius 1 is 1.05 bits per heavy atom. The SMILES string of the molecule is COC(=O)CC(c1oc(CN2CCc3cc(OC)c(OC)cc3C2)cc(=O)c1O)c1cc2ccccc2[nH]c1=O. The molecule has 0 saturated heterocycles. The Balaban J connectivity index is 1.51. The number of pyridine rings is 1. The van der Waals surface area contributed by atoms with Gasteiger partial charge in [0.1, 0.15) is 5.76 Å². The summed E-state index contributed by atoms with van der Waals surface area (Å²) in [7, 11) is 4.42. The van der Waals surface area contributed by atoms with Crippen LogP contribution in [0.2, 0.25) is 0 Å². The number of para-hydroxylation sites is 1. The van der Waals surface area contributed by atoms with E-state index in [1.54, 1.807) is 32.4 Å². The fourth-order valence-corrected chi connectivity index (χ4v) is 5.18. The number of H-pyrrole nitrogens is 1. The van der Waals surface area contributed by atoms with Gasteiger partial charge in [0.15, 0.2) is 17.3 Å². The summed E-state index contributed by atoms with van der Waals surface area (Å²) < 4.78 is 21.8. The van der Waals surface area contributed by atoms with Gasteiger partial charge in [-0.15, -0.1) is 0 Å². The van der Waals surface area contributed by atoms with E-state index in [9.17, 15) is 19.5 Å². The lowest BCUT2D eigenvalue weighted by Gasteiger charge is -2.29. The first-order chi connectivity index (χ1) is 19.3. The van der Waals surface area contributed by atoms with Crippen molar-refractivity contribution in [1.29, 1.82) is 0 Å². The zero-order chi connectivity index (χ0) is 28.4. The number of methoxy groups -OCH3 is 3. The molecule has 40 heavy (non-hydrogen) atoms. The van der Waals surface area contributed by atoms with E-state index >= 15 is 0 Å². The summed E-state index contributed by atoms with van der Waals surface area (Å²) in [6.07, 6.45) is 0.443. The standard InChI is InChI=1S/C30H30N2O8/c1-37-25-11-17-8-9-32(15-19(17)12-26(25)38-2)16-20-13-24(33)28(35)29(40-20)21(14-27(34)39-3)22-10-18-6-4-5-7-23(18)31-30(22)36/h4-7,10-13,21,35H,8-9,14-16H2,1-3H3,(H,31,36). The number of aromatic amines is 1. The fraction of sp³-hybridized carbons (Fsp3) is 0.300. The number of aromatic hydroxyl groups is 1. The molecule has 0 aliphatic carbocycles. The molecule has 10 nitrogen and oxygen atoms in total. The van der Waals surface area contributed by atoms with Crippen molar-refractivity contribution in [1.82, 2.24) is 9.88 Å². The summed E-state index contributed by atoms with van der Waals surface area (Å²) in [5.74, 6) is -0.872.